The van der Waals surface area contributed by atoms with Gasteiger partial charge in [-0.2, -0.15) is 10.5 Å². The fourth-order valence-corrected chi connectivity index (χ4v) is 0.988. The SMILES string of the molecule is C/C(=C\C#N)c1ccc(C#N)cc1. The average molecular weight is 168 g/mol. The molecule has 0 N–H and O–H groups in total. The molecule has 0 unspecified atom stereocenters. The number of hydrogen-bond acceptors (Lipinski definition) is 2. The summed E-state index contributed by atoms with van der Waals surface area (Å²) in [6.07, 6.45) is 1.49. The van der Waals surface area contributed by atoms with E-state index in [0.29, 0.717) is 5.56 Å². The summed E-state index contributed by atoms with van der Waals surface area (Å²) in [6.45, 7) is 1.87. The molecule has 0 radical (unpaired) electrons. The molecule has 0 aromatic heterocycles. The fraction of sp³-hybridized carbons (Fsp3) is 0.0909. The van der Waals surface area contributed by atoms with Gasteiger partial charge in [0.05, 0.1) is 17.7 Å². The maximum absolute atomic E-state index is 8.55. The largest absolute Gasteiger partial charge is 0.193 e. The van der Waals surface area contributed by atoms with Crippen molar-refractivity contribution in [2.45, 2.75) is 6.92 Å². The van der Waals surface area contributed by atoms with Crippen LogP contribution in [0.15, 0.2) is 30.3 Å². The Hall–Kier alpha value is -2.06. The third-order valence-corrected chi connectivity index (χ3v) is 1.75. The van der Waals surface area contributed by atoms with Crippen LogP contribution in [0.25, 0.3) is 5.57 Å². The molecule has 0 aliphatic carbocycles. The molecule has 0 aliphatic heterocycles. The highest BCUT2D eigenvalue weighted by Gasteiger charge is 1.94. The first-order valence-electron chi connectivity index (χ1n) is 3.85. The van der Waals surface area contributed by atoms with Crippen LogP contribution >= 0.6 is 0 Å². The van der Waals surface area contributed by atoms with Crippen LogP contribution < -0.4 is 0 Å². The van der Waals surface area contributed by atoms with Crippen LogP contribution in [0.2, 0.25) is 0 Å². The summed E-state index contributed by atoms with van der Waals surface area (Å²) in [4.78, 5) is 0. The Labute approximate surface area is 77.4 Å². The Bertz CT molecular complexity index is 399. The lowest BCUT2D eigenvalue weighted by atomic mass is 10.1. The van der Waals surface area contributed by atoms with Crippen LogP contribution in [0.4, 0.5) is 0 Å². The van der Waals surface area contributed by atoms with Crippen molar-refractivity contribution in [1.29, 1.82) is 10.5 Å². The summed E-state index contributed by atoms with van der Waals surface area (Å²) in [5, 5.41) is 17.0. The maximum atomic E-state index is 8.55. The molecule has 1 rings (SSSR count). The monoisotopic (exact) mass is 168 g/mol. The van der Waals surface area contributed by atoms with E-state index in [2.05, 4.69) is 0 Å². The second-order valence-corrected chi connectivity index (χ2v) is 2.65. The van der Waals surface area contributed by atoms with Gasteiger partial charge in [-0.25, -0.2) is 0 Å². The molecule has 2 heteroatoms. The van der Waals surface area contributed by atoms with Crippen molar-refractivity contribution < 1.29 is 0 Å². The van der Waals surface area contributed by atoms with Gasteiger partial charge in [-0.05, 0) is 30.2 Å². The van der Waals surface area contributed by atoms with Gasteiger partial charge in [0.1, 0.15) is 0 Å². The van der Waals surface area contributed by atoms with Gasteiger partial charge in [0.25, 0.3) is 0 Å². The lowest BCUT2D eigenvalue weighted by Gasteiger charge is -1.98. The second kappa shape index (κ2) is 4.09. The summed E-state index contributed by atoms with van der Waals surface area (Å²) >= 11 is 0. The highest BCUT2D eigenvalue weighted by Crippen LogP contribution is 2.13. The predicted molar refractivity (Wildman–Crippen MR) is 50.4 cm³/mol. The van der Waals surface area contributed by atoms with Crippen molar-refractivity contribution in [3.05, 3.63) is 41.5 Å². The van der Waals surface area contributed by atoms with Crippen molar-refractivity contribution in [3.8, 4) is 12.1 Å². The molecule has 0 fully saturated rings. The van der Waals surface area contributed by atoms with Crippen LogP contribution in [0.5, 0.6) is 0 Å². The van der Waals surface area contributed by atoms with Crippen molar-refractivity contribution in [3.63, 3.8) is 0 Å². The summed E-state index contributed by atoms with van der Waals surface area (Å²) < 4.78 is 0. The summed E-state index contributed by atoms with van der Waals surface area (Å²) in [5.74, 6) is 0. The van der Waals surface area contributed by atoms with Gasteiger partial charge in [-0.15, -0.1) is 0 Å². The van der Waals surface area contributed by atoms with Gasteiger partial charge in [-0.3, -0.25) is 0 Å². The first-order chi connectivity index (χ1) is 6.27. The Morgan fingerprint density at radius 2 is 1.85 bits per heavy atom. The first-order valence-corrected chi connectivity index (χ1v) is 3.85. The highest BCUT2D eigenvalue weighted by atomic mass is 14.2. The van der Waals surface area contributed by atoms with Crippen LogP contribution in [0.1, 0.15) is 18.1 Å². The molecular weight excluding hydrogens is 160 g/mol. The molecule has 0 aliphatic rings. The Balaban J connectivity index is 3.02. The molecule has 13 heavy (non-hydrogen) atoms. The van der Waals surface area contributed by atoms with E-state index in [-0.39, 0.29) is 0 Å². The zero-order chi connectivity index (χ0) is 9.68. The molecule has 1 aromatic rings. The minimum absolute atomic E-state index is 0.633. The molecule has 0 saturated carbocycles. The lowest BCUT2D eigenvalue weighted by Crippen LogP contribution is -1.79. The molecular formula is C11H8N2. The van der Waals surface area contributed by atoms with Gasteiger partial charge in [-0.1, -0.05) is 12.1 Å². The Morgan fingerprint density at radius 1 is 1.23 bits per heavy atom. The molecule has 2 nitrogen and oxygen atoms in total. The van der Waals surface area contributed by atoms with Crippen molar-refractivity contribution in [1.82, 2.24) is 0 Å². The predicted octanol–water partition coefficient (Wildman–Crippen LogP) is 2.49. The van der Waals surface area contributed by atoms with Gasteiger partial charge >= 0.3 is 0 Å². The molecule has 0 bridgehead atoms. The number of nitrogens with zero attached hydrogens (tertiary/aromatic N) is 2. The van der Waals surface area contributed by atoms with Gasteiger partial charge < -0.3 is 0 Å². The van der Waals surface area contributed by atoms with Crippen LogP contribution in [0, 0.1) is 22.7 Å². The smallest absolute Gasteiger partial charge is 0.0991 e. The molecule has 0 saturated heterocycles. The van der Waals surface area contributed by atoms with Gasteiger partial charge in [0, 0.05) is 6.08 Å². The van der Waals surface area contributed by atoms with Crippen LogP contribution in [-0.2, 0) is 0 Å². The molecule has 0 spiro atoms. The molecule has 1 aromatic carbocycles. The average Bonchev–Trinajstić information content (AvgIpc) is 2.18. The number of rotatable bonds is 1. The van der Waals surface area contributed by atoms with E-state index in [1.165, 1.54) is 6.08 Å². The van der Waals surface area contributed by atoms with E-state index in [1.54, 1.807) is 12.1 Å². The molecule has 0 heterocycles. The number of hydrogen-bond donors (Lipinski definition) is 0. The third kappa shape index (κ3) is 2.18. The van der Waals surface area contributed by atoms with Crippen molar-refractivity contribution in [2.75, 3.05) is 0 Å². The lowest BCUT2D eigenvalue weighted by molar-refractivity contribution is 1.47. The van der Waals surface area contributed by atoms with E-state index in [9.17, 15) is 0 Å². The summed E-state index contributed by atoms with van der Waals surface area (Å²) in [7, 11) is 0. The number of benzene rings is 1. The Morgan fingerprint density at radius 3 is 2.31 bits per heavy atom. The van der Waals surface area contributed by atoms with E-state index in [1.807, 2.05) is 31.2 Å². The normalized spacial score (nSPS) is 10.2. The quantitative estimate of drug-likeness (QED) is 0.605. The zero-order valence-corrected chi connectivity index (χ0v) is 7.28. The summed E-state index contributed by atoms with van der Waals surface area (Å²) in [6, 6.07) is 11.2. The standard InChI is InChI=1S/C11H8N2/c1-9(6-7-12)11-4-2-10(8-13)3-5-11/h2-6H,1H3/b9-6+. The summed E-state index contributed by atoms with van der Waals surface area (Å²) in [5.41, 5.74) is 2.51. The number of nitriles is 2. The van der Waals surface area contributed by atoms with E-state index in [0.717, 1.165) is 11.1 Å². The van der Waals surface area contributed by atoms with E-state index < -0.39 is 0 Å². The third-order valence-electron chi connectivity index (χ3n) is 1.75. The fourth-order valence-electron chi connectivity index (χ4n) is 0.988. The van der Waals surface area contributed by atoms with Gasteiger partial charge in [0.15, 0.2) is 0 Å². The molecule has 62 valence electrons. The van der Waals surface area contributed by atoms with Crippen LogP contribution in [0.3, 0.4) is 0 Å². The van der Waals surface area contributed by atoms with Gasteiger partial charge in [0.2, 0.25) is 0 Å². The molecule has 0 atom stereocenters. The van der Waals surface area contributed by atoms with Crippen molar-refractivity contribution in [2.24, 2.45) is 0 Å². The topological polar surface area (TPSA) is 47.6 Å². The number of allylic oxidation sites excluding steroid dienone is 2. The minimum Gasteiger partial charge on any atom is -0.193 e. The van der Waals surface area contributed by atoms with E-state index in [4.69, 9.17) is 10.5 Å². The van der Waals surface area contributed by atoms with Crippen LogP contribution in [-0.4, -0.2) is 0 Å². The Kier molecular flexibility index (Phi) is 2.84. The maximum Gasteiger partial charge on any atom is 0.0991 e. The first kappa shape index (κ1) is 9.03. The second-order valence-electron chi connectivity index (χ2n) is 2.65. The highest BCUT2D eigenvalue weighted by molar-refractivity contribution is 5.66. The zero-order valence-electron chi connectivity index (χ0n) is 7.28. The molecule has 0 amide bonds. The van der Waals surface area contributed by atoms with E-state index >= 15 is 0 Å². The minimum atomic E-state index is 0.633. The van der Waals surface area contributed by atoms with Crippen molar-refractivity contribution >= 4 is 5.57 Å².